The van der Waals surface area contributed by atoms with E-state index < -0.39 is 29.1 Å². The number of carbonyl (C=O) groups is 1. The minimum Gasteiger partial charge on any atom is -0.366 e. The number of nitrogens with two attached hydrogens (primary N) is 1. The van der Waals surface area contributed by atoms with Crippen molar-refractivity contribution in [1.29, 1.82) is 0 Å². The molecule has 0 spiro atoms. The van der Waals surface area contributed by atoms with Gasteiger partial charge in [0.25, 0.3) is 0 Å². The lowest BCUT2D eigenvalue weighted by Crippen LogP contribution is -2.49. The van der Waals surface area contributed by atoms with Gasteiger partial charge in [0.15, 0.2) is 0 Å². The van der Waals surface area contributed by atoms with E-state index >= 15 is 0 Å². The summed E-state index contributed by atoms with van der Waals surface area (Å²) in [5.74, 6) is -1.47. The Kier molecular flexibility index (Phi) is 5.11. The summed E-state index contributed by atoms with van der Waals surface area (Å²) in [4.78, 5) is 24.1. The molecule has 1 aromatic carbocycles. The molecule has 3 N–H and O–H groups in total. The Balaban J connectivity index is 1.54. The molecule has 3 aromatic rings. The second-order valence-electron chi connectivity index (χ2n) is 7.32. The number of aromatic nitrogens is 3. The van der Waals surface area contributed by atoms with E-state index in [4.69, 9.17) is 5.73 Å². The van der Waals surface area contributed by atoms with Crippen molar-refractivity contribution in [2.45, 2.75) is 24.4 Å². The van der Waals surface area contributed by atoms with Crippen LogP contribution in [0.5, 0.6) is 0 Å². The van der Waals surface area contributed by atoms with Crippen LogP contribution in [0.1, 0.15) is 28.9 Å². The lowest BCUT2D eigenvalue weighted by Gasteiger charge is -2.43. The third-order valence-corrected chi connectivity index (χ3v) is 5.28. The molecule has 0 bridgehead atoms. The van der Waals surface area contributed by atoms with Gasteiger partial charge in [-0.25, -0.2) is 23.1 Å². The summed E-state index contributed by atoms with van der Waals surface area (Å²) in [7, 11) is 0. The average molecular weight is 413 g/mol. The van der Waals surface area contributed by atoms with E-state index in [0.29, 0.717) is 5.56 Å². The van der Waals surface area contributed by atoms with Crippen molar-refractivity contribution >= 4 is 11.9 Å². The smallest absolute Gasteiger partial charge is 0.249 e. The van der Waals surface area contributed by atoms with Crippen LogP contribution < -0.4 is 11.1 Å². The molecule has 0 radical (unpaired) electrons. The highest BCUT2D eigenvalue weighted by molar-refractivity contribution is 5.99. The highest BCUT2D eigenvalue weighted by atomic mass is 19.1. The quantitative estimate of drug-likeness (QED) is 0.646. The number of primary amides is 1. The first kappa shape index (κ1) is 19.8. The predicted octanol–water partition coefficient (Wildman–Crippen LogP) is 3.40. The summed E-state index contributed by atoms with van der Waals surface area (Å²) < 4.78 is 41.5. The molecule has 9 heteroatoms. The lowest BCUT2D eigenvalue weighted by atomic mass is 9.65. The van der Waals surface area contributed by atoms with Gasteiger partial charge in [-0.15, -0.1) is 0 Å². The second-order valence-corrected chi connectivity index (χ2v) is 7.32. The van der Waals surface area contributed by atoms with Crippen molar-refractivity contribution < 1.29 is 18.0 Å². The molecule has 1 fully saturated rings. The molecule has 0 unspecified atom stereocenters. The Morgan fingerprint density at radius 2 is 1.90 bits per heavy atom. The van der Waals surface area contributed by atoms with Crippen LogP contribution in [-0.4, -0.2) is 33.6 Å². The Labute approximate surface area is 170 Å². The number of alkyl halides is 1. The number of hydrogen-bond acceptors (Lipinski definition) is 5. The normalized spacial score (nSPS) is 20.4. The Morgan fingerprint density at radius 3 is 2.53 bits per heavy atom. The molecule has 2 aromatic heterocycles. The van der Waals surface area contributed by atoms with E-state index in [-0.39, 0.29) is 42.2 Å². The van der Waals surface area contributed by atoms with E-state index in [0.717, 1.165) is 6.07 Å². The Hall–Kier alpha value is -3.49. The van der Waals surface area contributed by atoms with Crippen LogP contribution in [0, 0.1) is 11.6 Å². The predicted molar refractivity (Wildman–Crippen MR) is 104 cm³/mol. The van der Waals surface area contributed by atoms with Gasteiger partial charge < -0.3 is 11.1 Å². The van der Waals surface area contributed by atoms with Gasteiger partial charge in [-0.05, 0) is 43.2 Å². The molecule has 1 amide bonds. The number of pyridine rings is 1. The van der Waals surface area contributed by atoms with Gasteiger partial charge in [0.1, 0.15) is 17.8 Å². The molecule has 154 valence electrons. The molecular weight excluding hydrogens is 395 g/mol. The number of carbonyl (C=O) groups excluding carboxylic acids is 1. The highest BCUT2D eigenvalue weighted by Gasteiger charge is 2.48. The molecule has 1 aliphatic rings. The van der Waals surface area contributed by atoms with E-state index in [1.165, 1.54) is 42.9 Å². The number of nitrogens with one attached hydrogen (secondary N) is 1. The number of rotatable bonds is 6. The summed E-state index contributed by atoms with van der Waals surface area (Å²) in [5.41, 5.74) is 5.61. The molecule has 6 nitrogen and oxygen atoms in total. The zero-order chi connectivity index (χ0) is 21.3. The van der Waals surface area contributed by atoms with Gasteiger partial charge in [0.05, 0.1) is 5.69 Å². The topological polar surface area (TPSA) is 93.8 Å². The van der Waals surface area contributed by atoms with E-state index in [9.17, 15) is 18.0 Å². The lowest BCUT2D eigenvalue weighted by molar-refractivity contribution is 0.0963. The van der Waals surface area contributed by atoms with Crippen LogP contribution in [0.15, 0.2) is 48.9 Å². The number of anilines is 1. The molecular formula is C21H18F3N5O. The minimum absolute atomic E-state index is 0.147. The van der Waals surface area contributed by atoms with Crippen LogP contribution in [0.2, 0.25) is 0 Å². The number of hydrogen-bond donors (Lipinski definition) is 2. The maximum absolute atomic E-state index is 14.2. The van der Waals surface area contributed by atoms with Crippen LogP contribution in [-0.2, 0) is 5.41 Å². The highest BCUT2D eigenvalue weighted by Crippen LogP contribution is 2.45. The van der Waals surface area contributed by atoms with E-state index in [2.05, 4.69) is 20.3 Å². The molecule has 4 rings (SSSR count). The van der Waals surface area contributed by atoms with Gasteiger partial charge in [0, 0.05) is 47.2 Å². The van der Waals surface area contributed by atoms with Gasteiger partial charge in [0.2, 0.25) is 11.9 Å². The summed E-state index contributed by atoms with van der Waals surface area (Å²) in [6.07, 6.45) is 3.60. The minimum atomic E-state index is -1.02. The molecule has 1 saturated carbocycles. The SMILES string of the molecule is NC(=O)c1ccc(F)cc1-c1cnc(NCC2(c3ncccc3F)CC(F)C2)nc1. The van der Waals surface area contributed by atoms with Crippen molar-refractivity contribution in [3.63, 3.8) is 0 Å². The molecule has 0 aliphatic heterocycles. The van der Waals surface area contributed by atoms with Crippen molar-refractivity contribution in [3.8, 4) is 11.1 Å². The largest absolute Gasteiger partial charge is 0.366 e. The zero-order valence-electron chi connectivity index (χ0n) is 15.8. The molecule has 1 aliphatic carbocycles. The van der Waals surface area contributed by atoms with Crippen molar-refractivity contribution in [2.75, 3.05) is 11.9 Å². The standard InChI is InChI=1S/C21H18F3N5O/c22-13-3-4-15(19(25)30)16(6-13)12-9-27-20(28-10-12)29-11-21(7-14(23)8-21)18-17(24)2-1-5-26-18/h1-6,9-10,14H,7-8,11H2,(H2,25,30)(H,27,28,29). The maximum atomic E-state index is 14.2. The fraction of sp³-hybridized carbons (Fsp3) is 0.238. The van der Waals surface area contributed by atoms with Crippen LogP contribution in [0.4, 0.5) is 19.1 Å². The molecule has 0 saturated heterocycles. The third kappa shape index (κ3) is 3.70. The van der Waals surface area contributed by atoms with Gasteiger partial charge in [-0.3, -0.25) is 9.78 Å². The Morgan fingerprint density at radius 1 is 1.17 bits per heavy atom. The van der Waals surface area contributed by atoms with Crippen LogP contribution >= 0.6 is 0 Å². The molecule has 30 heavy (non-hydrogen) atoms. The third-order valence-electron chi connectivity index (χ3n) is 5.28. The van der Waals surface area contributed by atoms with Crippen molar-refractivity contribution in [2.24, 2.45) is 5.73 Å². The monoisotopic (exact) mass is 413 g/mol. The number of halogens is 3. The summed E-state index contributed by atoms with van der Waals surface area (Å²) in [5, 5.41) is 3.00. The maximum Gasteiger partial charge on any atom is 0.249 e. The molecule has 2 heterocycles. The second kappa shape index (κ2) is 7.74. The summed E-state index contributed by atoms with van der Waals surface area (Å²) in [6.45, 7) is 0.202. The first-order valence-corrected chi connectivity index (χ1v) is 9.29. The first-order valence-electron chi connectivity index (χ1n) is 9.29. The van der Waals surface area contributed by atoms with Crippen molar-refractivity contribution in [3.05, 3.63) is 71.8 Å². The number of amides is 1. The number of nitrogens with zero attached hydrogens (tertiary/aromatic N) is 3. The van der Waals surface area contributed by atoms with Gasteiger partial charge in [-0.1, -0.05) is 0 Å². The van der Waals surface area contributed by atoms with Gasteiger partial charge in [-0.2, -0.15) is 0 Å². The van der Waals surface area contributed by atoms with E-state index in [1.807, 2.05) is 0 Å². The first-order chi connectivity index (χ1) is 14.4. The molecule has 0 atom stereocenters. The fourth-order valence-electron chi connectivity index (χ4n) is 3.76. The average Bonchev–Trinajstić information content (AvgIpc) is 2.71. The van der Waals surface area contributed by atoms with Gasteiger partial charge >= 0.3 is 0 Å². The van der Waals surface area contributed by atoms with E-state index in [1.54, 1.807) is 0 Å². The summed E-state index contributed by atoms with van der Waals surface area (Å²) >= 11 is 0. The number of benzene rings is 1. The van der Waals surface area contributed by atoms with Crippen LogP contribution in [0.25, 0.3) is 11.1 Å². The fourth-order valence-corrected chi connectivity index (χ4v) is 3.76. The Bertz CT molecular complexity index is 1080. The van der Waals surface area contributed by atoms with Crippen molar-refractivity contribution in [1.82, 2.24) is 15.0 Å². The summed E-state index contributed by atoms with van der Waals surface area (Å²) in [6, 6.07) is 6.42. The van der Waals surface area contributed by atoms with Crippen LogP contribution in [0.3, 0.4) is 0 Å². The zero-order valence-corrected chi connectivity index (χ0v) is 15.8.